The highest BCUT2D eigenvalue weighted by Gasteiger charge is 2.17. The summed E-state index contributed by atoms with van der Waals surface area (Å²) in [7, 11) is 0. The lowest BCUT2D eigenvalue weighted by Crippen LogP contribution is -1.94. The maximum absolute atomic E-state index is 2.44. The van der Waals surface area contributed by atoms with E-state index in [4.69, 9.17) is 0 Å². The smallest absolute Gasteiger partial charge is 0.0547 e. The number of rotatable bonds is 3. The second kappa shape index (κ2) is 10.6. The van der Waals surface area contributed by atoms with Gasteiger partial charge in [-0.1, -0.05) is 127 Å². The van der Waals surface area contributed by atoms with Gasteiger partial charge >= 0.3 is 0 Å². The van der Waals surface area contributed by atoms with Gasteiger partial charge in [-0.15, -0.1) is 11.3 Å². The van der Waals surface area contributed by atoms with Crippen LogP contribution < -0.4 is 0 Å². The molecule has 9 aromatic carbocycles. The van der Waals surface area contributed by atoms with E-state index in [2.05, 4.69) is 180 Å². The molecule has 0 bridgehead atoms. The zero-order chi connectivity index (χ0) is 32.8. The minimum Gasteiger partial charge on any atom is -0.309 e. The van der Waals surface area contributed by atoms with E-state index in [1.165, 1.54) is 102 Å². The van der Waals surface area contributed by atoms with Gasteiger partial charge in [0, 0.05) is 36.6 Å². The standard InChI is InChI=1S/C48H29NS/c1-2-10-30(11-3-1)31-18-22-34(23-19-31)49-45-16-8-6-14-38(45)44-28-42-37-24-20-32(26-41(37)35-12-4-5-13-36(35)43(42)29-46(44)49)33-21-25-40-39-15-7-9-17-47(39)50-48(40)27-33/h1-29H. The van der Waals surface area contributed by atoms with Crippen LogP contribution in [-0.4, -0.2) is 4.57 Å². The summed E-state index contributed by atoms with van der Waals surface area (Å²) in [5, 5.41) is 12.9. The summed E-state index contributed by atoms with van der Waals surface area (Å²) in [5.74, 6) is 0. The van der Waals surface area contributed by atoms with Crippen LogP contribution in [0.3, 0.4) is 0 Å². The van der Waals surface area contributed by atoms with Crippen LogP contribution in [0.2, 0.25) is 0 Å². The normalized spacial score (nSPS) is 12.0. The van der Waals surface area contributed by atoms with E-state index in [1.54, 1.807) is 0 Å². The maximum Gasteiger partial charge on any atom is 0.0547 e. The van der Waals surface area contributed by atoms with E-state index in [0.29, 0.717) is 0 Å². The highest BCUT2D eigenvalue weighted by atomic mass is 32.1. The summed E-state index contributed by atoms with van der Waals surface area (Å²) in [4.78, 5) is 0. The molecular formula is C48H29NS. The monoisotopic (exact) mass is 651 g/mol. The van der Waals surface area contributed by atoms with Crippen molar-refractivity contribution in [2.45, 2.75) is 0 Å². The lowest BCUT2D eigenvalue weighted by Gasteiger charge is -2.14. The van der Waals surface area contributed by atoms with E-state index < -0.39 is 0 Å². The predicted molar refractivity (Wildman–Crippen MR) is 217 cm³/mol. The molecule has 0 aliphatic heterocycles. The first-order valence-electron chi connectivity index (χ1n) is 17.2. The van der Waals surface area contributed by atoms with Crippen molar-refractivity contribution in [2.75, 3.05) is 0 Å². The molecule has 0 fully saturated rings. The molecule has 232 valence electrons. The summed E-state index contributed by atoms with van der Waals surface area (Å²) >= 11 is 1.88. The minimum atomic E-state index is 1.17. The van der Waals surface area contributed by atoms with E-state index in [0.717, 1.165) is 0 Å². The van der Waals surface area contributed by atoms with E-state index in [9.17, 15) is 0 Å². The average Bonchev–Trinajstić information content (AvgIpc) is 3.72. The van der Waals surface area contributed by atoms with Crippen LogP contribution in [0, 0.1) is 0 Å². The molecule has 0 aliphatic rings. The van der Waals surface area contributed by atoms with Crippen LogP contribution >= 0.6 is 11.3 Å². The molecule has 0 amide bonds. The number of thiophene rings is 1. The molecule has 0 N–H and O–H groups in total. The highest BCUT2D eigenvalue weighted by Crippen LogP contribution is 2.43. The van der Waals surface area contributed by atoms with Gasteiger partial charge in [-0.05, 0) is 103 Å². The van der Waals surface area contributed by atoms with Crippen molar-refractivity contribution in [3.8, 4) is 27.9 Å². The fourth-order valence-electron chi connectivity index (χ4n) is 8.21. The summed E-state index contributed by atoms with van der Waals surface area (Å²) in [6.07, 6.45) is 0. The van der Waals surface area contributed by atoms with E-state index in [-0.39, 0.29) is 0 Å². The molecule has 2 heterocycles. The largest absolute Gasteiger partial charge is 0.309 e. The van der Waals surface area contributed by atoms with Crippen LogP contribution in [0.25, 0.3) is 102 Å². The Labute approximate surface area is 292 Å². The predicted octanol–water partition coefficient (Wildman–Crippen LogP) is 13.9. The Balaban J connectivity index is 1.14. The van der Waals surface area contributed by atoms with Crippen molar-refractivity contribution in [1.29, 1.82) is 0 Å². The summed E-state index contributed by atoms with van der Waals surface area (Å²) in [6.45, 7) is 0. The Hall–Kier alpha value is -6.22. The van der Waals surface area contributed by atoms with Gasteiger partial charge in [-0.3, -0.25) is 0 Å². The Bertz CT molecular complexity index is 3130. The van der Waals surface area contributed by atoms with Crippen molar-refractivity contribution in [3.63, 3.8) is 0 Å². The molecule has 0 spiro atoms. The first kappa shape index (κ1) is 27.7. The number of fused-ring (bicyclic) bond motifs is 12. The number of para-hydroxylation sites is 1. The van der Waals surface area contributed by atoms with Gasteiger partial charge in [0.2, 0.25) is 0 Å². The van der Waals surface area contributed by atoms with Crippen LogP contribution in [-0.2, 0) is 0 Å². The first-order chi connectivity index (χ1) is 24.8. The second-order valence-electron chi connectivity index (χ2n) is 13.3. The molecule has 2 heteroatoms. The Morgan fingerprint density at radius 2 is 0.820 bits per heavy atom. The molecule has 0 saturated heterocycles. The van der Waals surface area contributed by atoms with Crippen molar-refractivity contribution in [1.82, 2.24) is 4.57 Å². The van der Waals surface area contributed by atoms with E-state index >= 15 is 0 Å². The van der Waals surface area contributed by atoms with Crippen LogP contribution in [0.1, 0.15) is 0 Å². The summed E-state index contributed by atoms with van der Waals surface area (Å²) < 4.78 is 5.11. The number of benzene rings is 9. The number of hydrogen-bond donors (Lipinski definition) is 0. The topological polar surface area (TPSA) is 4.93 Å². The van der Waals surface area contributed by atoms with Crippen molar-refractivity contribution >= 4 is 85.6 Å². The average molecular weight is 652 g/mol. The number of hydrogen-bond acceptors (Lipinski definition) is 1. The summed E-state index contributed by atoms with van der Waals surface area (Å²) in [6, 6.07) is 65.0. The molecule has 2 aromatic heterocycles. The molecule has 1 nitrogen and oxygen atoms in total. The van der Waals surface area contributed by atoms with Gasteiger partial charge in [0.1, 0.15) is 0 Å². The molecule has 0 aliphatic carbocycles. The van der Waals surface area contributed by atoms with Gasteiger partial charge in [-0.25, -0.2) is 0 Å². The minimum absolute atomic E-state index is 1.17. The Morgan fingerprint density at radius 3 is 1.62 bits per heavy atom. The molecule has 11 aromatic rings. The van der Waals surface area contributed by atoms with Crippen molar-refractivity contribution in [3.05, 3.63) is 176 Å². The molecule has 0 atom stereocenters. The highest BCUT2D eigenvalue weighted by molar-refractivity contribution is 7.25. The molecule has 0 saturated carbocycles. The third-order valence-corrected chi connectivity index (χ3v) is 11.7. The Morgan fingerprint density at radius 1 is 0.280 bits per heavy atom. The SMILES string of the molecule is c1ccc(-c2ccc(-n3c4ccccc4c4cc5c6ccc(-c7ccc8c(c7)sc7ccccc78)cc6c6ccccc6c5cc43)cc2)cc1. The zero-order valence-corrected chi connectivity index (χ0v) is 27.9. The van der Waals surface area contributed by atoms with Crippen LogP contribution in [0.5, 0.6) is 0 Å². The van der Waals surface area contributed by atoms with Crippen LogP contribution in [0.4, 0.5) is 0 Å². The zero-order valence-electron chi connectivity index (χ0n) is 27.1. The third kappa shape index (κ3) is 4.06. The Kier molecular flexibility index (Phi) is 5.89. The lowest BCUT2D eigenvalue weighted by atomic mass is 9.91. The quantitative estimate of drug-likeness (QED) is 0.168. The van der Waals surface area contributed by atoms with Gasteiger partial charge in [0.15, 0.2) is 0 Å². The molecular weight excluding hydrogens is 623 g/mol. The molecule has 11 rings (SSSR count). The third-order valence-electron chi connectivity index (χ3n) is 10.6. The maximum atomic E-state index is 2.44. The van der Waals surface area contributed by atoms with Gasteiger partial charge in [0.25, 0.3) is 0 Å². The fourth-order valence-corrected chi connectivity index (χ4v) is 9.36. The molecule has 50 heavy (non-hydrogen) atoms. The van der Waals surface area contributed by atoms with Gasteiger partial charge < -0.3 is 4.57 Å². The number of aromatic nitrogens is 1. The van der Waals surface area contributed by atoms with Crippen molar-refractivity contribution < 1.29 is 0 Å². The first-order valence-corrected chi connectivity index (χ1v) is 18.0. The lowest BCUT2D eigenvalue weighted by molar-refractivity contribution is 1.18. The van der Waals surface area contributed by atoms with E-state index in [1.807, 2.05) is 11.3 Å². The fraction of sp³-hybridized carbons (Fsp3) is 0. The van der Waals surface area contributed by atoms with Crippen LogP contribution in [0.15, 0.2) is 176 Å². The van der Waals surface area contributed by atoms with Gasteiger partial charge in [0.05, 0.1) is 11.0 Å². The van der Waals surface area contributed by atoms with Gasteiger partial charge in [-0.2, -0.15) is 0 Å². The molecule has 0 unspecified atom stereocenters. The van der Waals surface area contributed by atoms with Crippen molar-refractivity contribution in [2.24, 2.45) is 0 Å². The number of nitrogens with zero attached hydrogens (tertiary/aromatic N) is 1. The molecule has 0 radical (unpaired) electrons. The summed E-state index contributed by atoms with van der Waals surface area (Å²) in [5.41, 5.74) is 8.57. The second-order valence-corrected chi connectivity index (χ2v) is 14.4.